The minimum absolute atomic E-state index is 0.00851. The molecule has 0 spiro atoms. The monoisotopic (exact) mass is 403 g/mol. The Balaban J connectivity index is 1.82. The second-order valence-electron chi connectivity index (χ2n) is 7.12. The number of sulfonamides is 1. The van der Waals surface area contributed by atoms with Crippen molar-refractivity contribution in [3.05, 3.63) is 64.2 Å². The maximum absolute atomic E-state index is 13.1. The first-order valence-corrected chi connectivity index (χ1v) is 10.9. The van der Waals surface area contributed by atoms with Gasteiger partial charge in [0.25, 0.3) is 5.69 Å². The van der Waals surface area contributed by atoms with Crippen LogP contribution >= 0.6 is 0 Å². The second-order valence-corrected chi connectivity index (χ2v) is 9.02. The van der Waals surface area contributed by atoms with Gasteiger partial charge in [-0.2, -0.15) is 4.31 Å². The summed E-state index contributed by atoms with van der Waals surface area (Å²) in [4.78, 5) is 10.6. The largest absolute Gasteiger partial charge is 0.381 e. The Kier molecular flexibility index (Phi) is 6.31. The summed E-state index contributed by atoms with van der Waals surface area (Å²) in [6.45, 7) is 2.89. The van der Waals surface area contributed by atoms with Crippen molar-refractivity contribution in [1.82, 2.24) is 4.31 Å². The Morgan fingerprint density at radius 3 is 2.46 bits per heavy atom. The van der Waals surface area contributed by atoms with E-state index in [0.717, 1.165) is 25.7 Å². The van der Waals surface area contributed by atoms with Crippen LogP contribution in [-0.2, 0) is 16.4 Å². The van der Waals surface area contributed by atoms with Gasteiger partial charge in [0.1, 0.15) is 4.90 Å². The molecule has 0 amide bonds. The summed E-state index contributed by atoms with van der Waals surface area (Å²) in [5, 5.41) is 14.4. The van der Waals surface area contributed by atoms with Gasteiger partial charge in [-0.05, 0) is 44.2 Å². The zero-order chi connectivity index (χ0) is 20.1. The van der Waals surface area contributed by atoms with Crippen LogP contribution in [0.2, 0.25) is 0 Å². The second kappa shape index (κ2) is 8.70. The smallest absolute Gasteiger partial charge is 0.270 e. The first-order chi connectivity index (χ1) is 13.4. The molecule has 0 saturated carbocycles. The highest BCUT2D eigenvalue weighted by Gasteiger charge is 2.31. The third-order valence-electron chi connectivity index (χ3n) is 4.97. The SMILES string of the molecule is CC(CCc1ccccc1)Nc1ccc([N+](=O)[O-])cc1S(=O)(=O)N1CCCC1. The van der Waals surface area contributed by atoms with E-state index in [2.05, 4.69) is 17.4 Å². The summed E-state index contributed by atoms with van der Waals surface area (Å²) in [6.07, 6.45) is 3.29. The van der Waals surface area contributed by atoms with E-state index in [0.29, 0.717) is 18.8 Å². The normalized spacial score (nSPS) is 16.0. The lowest BCUT2D eigenvalue weighted by Gasteiger charge is -2.21. The zero-order valence-electron chi connectivity index (χ0n) is 15.9. The van der Waals surface area contributed by atoms with Gasteiger partial charge in [-0.25, -0.2) is 8.42 Å². The zero-order valence-corrected chi connectivity index (χ0v) is 16.7. The molecule has 1 aliphatic rings. The van der Waals surface area contributed by atoms with E-state index in [-0.39, 0.29) is 16.6 Å². The van der Waals surface area contributed by atoms with Gasteiger partial charge < -0.3 is 5.32 Å². The van der Waals surface area contributed by atoms with Crippen molar-refractivity contribution in [3.63, 3.8) is 0 Å². The Morgan fingerprint density at radius 2 is 1.82 bits per heavy atom. The van der Waals surface area contributed by atoms with Crippen LogP contribution in [0.5, 0.6) is 0 Å². The number of anilines is 1. The lowest BCUT2D eigenvalue weighted by atomic mass is 10.1. The Labute approximate surface area is 165 Å². The fourth-order valence-electron chi connectivity index (χ4n) is 3.39. The molecule has 2 aromatic carbocycles. The molecule has 2 aromatic rings. The molecule has 7 nitrogen and oxygen atoms in total. The van der Waals surface area contributed by atoms with Crippen molar-refractivity contribution in [1.29, 1.82) is 0 Å². The number of nitro benzene ring substituents is 1. The number of hydrogen-bond acceptors (Lipinski definition) is 5. The highest BCUT2D eigenvalue weighted by Crippen LogP contribution is 2.31. The highest BCUT2D eigenvalue weighted by atomic mass is 32.2. The van der Waals surface area contributed by atoms with Crippen molar-refractivity contribution < 1.29 is 13.3 Å². The number of benzene rings is 2. The van der Waals surface area contributed by atoms with Gasteiger partial charge in [0, 0.05) is 31.3 Å². The molecule has 8 heteroatoms. The van der Waals surface area contributed by atoms with Gasteiger partial charge in [-0.15, -0.1) is 0 Å². The molecule has 28 heavy (non-hydrogen) atoms. The molecule has 0 bridgehead atoms. The number of rotatable bonds is 8. The molecule has 0 aromatic heterocycles. The van der Waals surface area contributed by atoms with Crippen LogP contribution < -0.4 is 5.32 Å². The number of nitrogens with zero attached hydrogens (tertiary/aromatic N) is 2. The lowest BCUT2D eigenvalue weighted by molar-refractivity contribution is -0.385. The van der Waals surface area contributed by atoms with Crippen LogP contribution in [0.3, 0.4) is 0 Å². The lowest BCUT2D eigenvalue weighted by Crippen LogP contribution is -2.29. The molecule has 0 aliphatic carbocycles. The predicted octanol–water partition coefficient (Wildman–Crippen LogP) is 3.81. The molecule has 1 unspecified atom stereocenters. The summed E-state index contributed by atoms with van der Waals surface area (Å²) < 4.78 is 27.5. The molecular weight excluding hydrogens is 378 g/mol. The van der Waals surface area contributed by atoms with Crippen LogP contribution in [0.15, 0.2) is 53.4 Å². The maximum atomic E-state index is 13.1. The summed E-state index contributed by atoms with van der Waals surface area (Å²) >= 11 is 0. The molecule has 1 saturated heterocycles. The first-order valence-electron chi connectivity index (χ1n) is 9.47. The van der Waals surface area contributed by atoms with E-state index in [4.69, 9.17) is 0 Å². The van der Waals surface area contributed by atoms with Gasteiger partial charge >= 0.3 is 0 Å². The van der Waals surface area contributed by atoms with Crippen molar-refractivity contribution in [3.8, 4) is 0 Å². The topological polar surface area (TPSA) is 92.5 Å². The van der Waals surface area contributed by atoms with Crippen molar-refractivity contribution >= 4 is 21.4 Å². The van der Waals surface area contributed by atoms with Crippen molar-refractivity contribution in [2.75, 3.05) is 18.4 Å². The van der Waals surface area contributed by atoms with Crippen molar-refractivity contribution in [2.24, 2.45) is 0 Å². The van der Waals surface area contributed by atoms with Crippen LogP contribution in [0.1, 0.15) is 31.7 Å². The van der Waals surface area contributed by atoms with Crippen LogP contribution in [-0.4, -0.2) is 36.8 Å². The van der Waals surface area contributed by atoms with E-state index >= 15 is 0 Å². The number of hydrogen-bond donors (Lipinski definition) is 1. The summed E-state index contributed by atoms with van der Waals surface area (Å²) in [5.41, 5.74) is 1.41. The van der Waals surface area contributed by atoms with Gasteiger partial charge in [-0.1, -0.05) is 30.3 Å². The number of nitro groups is 1. The summed E-state index contributed by atoms with van der Waals surface area (Å²) in [6, 6.07) is 14.1. The third-order valence-corrected chi connectivity index (χ3v) is 6.91. The third kappa shape index (κ3) is 4.69. The standard InChI is InChI=1S/C20H25N3O4S/c1-16(9-10-17-7-3-2-4-8-17)21-19-12-11-18(23(24)25)15-20(19)28(26,27)22-13-5-6-14-22/h2-4,7-8,11-12,15-16,21H,5-6,9-10,13-14H2,1H3. The summed E-state index contributed by atoms with van der Waals surface area (Å²) in [5.74, 6) is 0. The van der Waals surface area contributed by atoms with Gasteiger partial charge in [0.2, 0.25) is 10.0 Å². The Bertz CT molecular complexity index is 926. The van der Waals surface area contributed by atoms with Gasteiger partial charge in [0.15, 0.2) is 0 Å². The molecule has 1 fully saturated rings. The molecule has 150 valence electrons. The molecule has 0 radical (unpaired) electrons. The average Bonchev–Trinajstić information content (AvgIpc) is 3.23. The fraction of sp³-hybridized carbons (Fsp3) is 0.400. The fourth-order valence-corrected chi connectivity index (χ4v) is 5.08. The van der Waals surface area contributed by atoms with E-state index < -0.39 is 14.9 Å². The van der Waals surface area contributed by atoms with Crippen LogP contribution in [0.4, 0.5) is 11.4 Å². The molecule has 1 N–H and O–H groups in total. The Hall–Kier alpha value is -2.45. The minimum Gasteiger partial charge on any atom is -0.381 e. The van der Waals surface area contributed by atoms with Crippen LogP contribution in [0.25, 0.3) is 0 Å². The average molecular weight is 404 g/mol. The molecule has 1 aliphatic heterocycles. The number of aryl methyl sites for hydroxylation is 1. The van der Waals surface area contributed by atoms with Crippen LogP contribution in [0, 0.1) is 10.1 Å². The van der Waals surface area contributed by atoms with Gasteiger partial charge in [0.05, 0.1) is 10.6 Å². The predicted molar refractivity (Wildman–Crippen MR) is 109 cm³/mol. The first kappa shape index (κ1) is 20.3. The molecular formula is C20H25N3O4S. The Morgan fingerprint density at radius 1 is 1.14 bits per heavy atom. The number of nitrogens with one attached hydrogen (secondary N) is 1. The summed E-state index contributed by atoms with van der Waals surface area (Å²) in [7, 11) is -3.77. The van der Waals surface area contributed by atoms with E-state index in [1.54, 1.807) is 0 Å². The van der Waals surface area contributed by atoms with E-state index in [9.17, 15) is 18.5 Å². The minimum atomic E-state index is -3.77. The van der Waals surface area contributed by atoms with E-state index in [1.807, 2.05) is 25.1 Å². The van der Waals surface area contributed by atoms with E-state index in [1.165, 1.54) is 28.1 Å². The molecule has 3 rings (SSSR count). The molecule has 1 heterocycles. The highest BCUT2D eigenvalue weighted by molar-refractivity contribution is 7.89. The van der Waals surface area contributed by atoms with Gasteiger partial charge in [-0.3, -0.25) is 10.1 Å². The quantitative estimate of drug-likeness (QED) is 0.534. The maximum Gasteiger partial charge on any atom is 0.270 e. The molecule has 1 atom stereocenters. The number of non-ortho nitro benzene ring substituents is 1. The van der Waals surface area contributed by atoms with Crippen molar-refractivity contribution in [2.45, 2.75) is 43.5 Å².